The number of hydrogen-bond donors (Lipinski definition) is 1. The normalized spacial score (nSPS) is 10.6. The Morgan fingerprint density at radius 3 is 2.52 bits per heavy atom. The highest BCUT2D eigenvalue weighted by Crippen LogP contribution is 2.21. The molecule has 0 bridgehead atoms. The zero-order valence-corrected chi connectivity index (χ0v) is 15.2. The van der Waals surface area contributed by atoms with Gasteiger partial charge in [0.25, 0.3) is 0 Å². The first-order valence-electron chi connectivity index (χ1n) is 8.17. The number of hydrogen-bond acceptors (Lipinski definition) is 3. The van der Waals surface area contributed by atoms with Gasteiger partial charge >= 0.3 is 0 Å². The monoisotopic (exact) mass is 351 g/mol. The van der Waals surface area contributed by atoms with Crippen LogP contribution in [0.1, 0.15) is 16.7 Å². The van der Waals surface area contributed by atoms with Crippen LogP contribution in [0.15, 0.2) is 66.1 Å². The van der Waals surface area contributed by atoms with Crippen molar-refractivity contribution in [2.45, 2.75) is 25.5 Å². The lowest BCUT2D eigenvalue weighted by Crippen LogP contribution is -2.16. The van der Waals surface area contributed by atoms with Crippen LogP contribution in [0.3, 0.4) is 0 Å². The Bertz CT molecular complexity index is 838. The molecule has 3 aromatic rings. The standard InChI is InChI=1S/C20H21N3OS/c1-15-7-6-8-16(2)19(15)22-18(24)14-25-20-21-11-12-23(20)13-17-9-4-3-5-10-17/h3-12H,13-14H2,1-2H3,(H,22,24). The zero-order valence-electron chi connectivity index (χ0n) is 14.4. The predicted molar refractivity (Wildman–Crippen MR) is 103 cm³/mol. The van der Waals surface area contributed by atoms with Crippen LogP contribution in [-0.2, 0) is 11.3 Å². The van der Waals surface area contributed by atoms with Gasteiger partial charge in [-0.1, -0.05) is 60.3 Å². The second-order valence-corrected chi connectivity index (χ2v) is 6.87. The maximum atomic E-state index is 12.3. The molecule has 4 nitrogen and oxygen atoms in total. The molecule has 0 spiro atoms. The number of nitrogens with one attached hydrogen (secondary N) is 1. The molecule has 0 aliphatic rings. The topological polar surface area (TPSA) is 46.9 Å². The third-order valence-electron chi connectivity index (χ3n) is 3.95. The molecule has 25 heavy (non-hydrogen) atoms. The van der Waals surface area contributed by atoms with E-state index in [0.29, 0.717) is 5.75 Å². The van der Waals surface area contributed by atoms with Crippen LogP contribution in [0, 0.1) is 13.8 Å². The van der Waals surface area contributed by atoms with Gasteiger partial charge in [0.05, 0.1) is 5.75 Å². The van der Waals surface area contributed by atoms with Gasteiger partial charge in [0.2, 0.25) is 5.91 Å². The molecular formula is C20H21N3OS. The number of carbonyl (C=O) groups excluding carboxylic acids is 1. The van der Waals surface area contributed by atoms with Crippen molar-refractivity contribution >= 4 is 23.4 Å². The molecule has 5 heteroatoms. The third-order valence-corrected chi connectivity index (χ3v) is 4.96. The van der Waals surface area contributed by atoms with E-state index >= 15 is 0 Å². The number of amides is 1. The average molecular weight is 351 g/mol. The first-order valence-corrected chi connectivity index (χ1v) is 9.16. The van der Waals surface area contributed by atoms with Crippen molar-refractivity contribution < 1.29 is 4.79 Å². The highest BCUT2D eigenvalue weighted by Gasteiger charge is 2.10. The highest BCUT2D eigenvalue weighted by molar-refractivity contribution is 7.99. The summed E-state index contributed by atoms with van der Waals surface area (Å²) in [7, 11) is 0. The van der Waals surface area contributed by atoms with Crippen LogP contribution in [0.5, 0.6) is 0 Å². The van der Waals surface area contributed by atoms with E-state index in [-0.39, 0.29) is 5.91 Å². The number of aryl methyl sites for hydroxylation is 2. The van der Waals surface area contributed by atoms with Crippen LogP contribution in [0.2, 0.25) is 0 Å². The Hall–Kier alpha value is -2.53. The van der Waals surface area contributed by atoms with E-state index in [2.05, 4.69) is 27.0 Å². The summed E-state index contributed by atoms with van der Waals surface area (Å²) < 4.78 is 2.06. The Labute approximate surface area is 152 Å². The molecule has 0 fully saturated rings. The maximum Gasteiger partial charge on any atom is 0.234 e. The fraction of sp³-hybridized carbons (Fsp3) is 0.200. The summed E-state index contributed by atoms with van der Waals surface area (Å²) in [6, 6.07) is 16.2. The van der Waals surface area contributed by atoms with E-state index < -0.39 is 0 Å². The predicted octanol–water partition coefficient (Wildman–Crippen LogP) is 4.28. The van der Waals surface area contributed by atoms with Gasteiger partial charge < -0.3 is 9.88 Å². The molecule has 0 aliphatic heterocycles. The molecule has 3 rings (SSSR count). The maximum absolute atomic E-state index is 12.3. The number of benzene rings is 2. The molecule has 0 saturated heterocycles. The van der Waals surface area contributed by atoms with E-state index in [1.165, 1.54) is 17.3 Å². The molecule has 128 valence electrons. The van der Waals surface area contributed by atoms with E-state index in [9.17, 15) is 4.79 Å². The molecule has 2 aromatic carbocycles. The molecule has 0 atom stereocenters. The molecular weight excluding hydrogens is 330 g/mol. The van der Waals surface area contributed by atoms with Gasteiger partial charge in [0.15, 0.2) is 5.16 Å². The molecule has 1 N–H and O–H groups in total. The van der Waals surface area contributed by atoms with Crippen molar-refractivity contribution in [2.75, 3.05) is 11.1 Å². The van der Waals surface area contributed by atoms with Crippen molar-refractivity contribution in [3.8, 4) is 0 Å². The lowest BCUT2D eigenvalue weighted by molar-refractivity contribution is -0.113. The van der Waals surface area contributed by atoms with E-state index in [4.69, 9.17) is 0 Å². The zero-order chi connectivity index (χ0) is 17.6. The minimum Gasteiger partial charge on any atom is -0.325 e. The first kappa shape index (κ1) is 17.3. The summed E-state index contributed by atoms with van der Waals surface area (Å²) in [4.78, 5) is 16.7. The van der Waals surface area contributed by atoms with Crippen LogP contribution < -0.4 is 5.32 Å². The summed E-state index contributed by atoms with van der Waals surface area (Å²) >= 11 is 1.45. The molecule has 0 radical (unpaired) electrons. The minimum absolute atomic E-state index is 0.0170. The smallest absolute Gasteiger partial charge is 0.234 e. The number of imidazole rings is 1. The summed E-state index contributed by atoms with van der Waals surface area (Å²) in [5.74, 6) is 0.316. The largest absolute Gasteiger partial charge is 0.325 e. The van der Waals surface area contributed by atoms with Crippen molar-refractivity contribution in [1.82, 2.24) is 9.55 Å². The van der Waals surface area contributed by atoms with E-state index in [1.54, 1.807) is 6.20 Å². The number of aromatic nitrogens is 2. The number of carbonyl (C=O) groups is 1. The number of anilines is 1. The van der Waals surface area contributed by atoms with Gasteiger partial charge in [0.1, 0.15) is 0 Å². The Morgan fingerprint density at radius 1 is 1.08 bits per heavy atom. The summed E-state index contributed by atoms with van der Waals surface area (Å²) in [6.07, 6.45) is 3.72. The second kappa shape index (κ2) is 8.03. The Kier molecular flexibility index (Phi) is 5.56. The fourth-order valence-electron chi connectivity index (χ4n) is 2.65. The van der Waals surface area contributed by atoms with Gasteiger partial charge in [-0.3, -0.25) is 4.79 Å². The Balaban J connectivity index is 1.61. The van der Waals surface area contributed by atoms with Gasteiger partial charge in [-0.05, 0) is 30.5 Å². The van der Waals surface area contributed by atoms with Crippen LogP contribution in [-0.4, -0.2) is 21.2 Å². The highest BCUT2D eigenvalue weighted by atomic mass is 32.2. The quantitative estimate of drug-likeness (QED) is 0.674. The number of thioether (sulfide) groups is 1. The number of nitrogens with zero attached hydrogens (tertiary/aromatic N) is 2. The molecule has 1 aromatic heterocycles. The molecule has 0 unspecified atom stereocenters. The van der Waals surface area contributed by atoms with E-state index in [1.807, 2.05) is 56.4 Å². The average Bonchev–Trinajstić information content (AvgIpc) is 3.04. The minimum atomic E-state index is -0.0170. The fourth-order valence-corrected chi connectivity index (χ4v) is 3.41. The van der Waals surface area contributed by atoms with Gasteiger partial charge in [-0.25, -0.2) is 4.98 Å². The molecule has 1 amide bonds. The third kappa shape index (κ3) is 4.51. The van der Waals surface area contributed by atoms with Gasteiger partial charge in [-0.15, -0.1) is 0 Å². The molecule has 0 aliphatic carbocycles. The number of rotatable bonds is 6. The van der Waals surface area contributed by atoms with Gasteiger partial charge in [-0.2, -0.15) is 0 Å². The Morgan fingerprint density at radius 2 is 1.80 bits per heavy atom. The van der Waals surface area contributed by atoms with Gasteiger partial charge in [0, 0.05) is 24.6 Å². The van der Waals surface area contributed by atoms with E-state index in [0.717, 1.165) is 28.5 Å². The van der Waals surface area contributed by atoms with Crippen molar-refractivity contribution in [1.29, 1.82) is 0 Å². The van der Waals surface area contributed by atoms with Crippen molar-refractivity contribution in [3.63, 3.8) is 0 Å². The summed E-state index contributed by atoms with van der Waals surface area (Å²) in [6.45, 7) is 4.76. The lowest BCUT2D eigenvalue weighted by Gasteiger charge is -2.11. The second-order valence-electron chi connectivity index (χ2n) is 5.93. The van der Waals surface area contributed by atoms with Crippen LogP contribution in [0.4, 0.5) is 5.69 Å². The number of para-hydroxylation sites is 1. The molecule has 1 heterocycles. The summed E-state index contributed by atoms with van der Waals surface area (Å²) in [5, 5.41) is 3.86. The van der Waals surface area contributed by atoms with Crippen molar-refractivity contribution in [3.05, 3.63) is 77.6 Å². The van der Waals surface area contributed by atoms with Crippen LogP contribution >= 0.6 is 11.8 Å². The first-order chi connectivity index (χ1) is 12.1. The molecule has 0 saturated carbocycles. The van der Waals surface area contributed by atoms with Crippen molar-refractivity contribution in [2.24, 2.45) is 0 Å². The summed E-state index contributed by atoms with van der Waals surface area (Å²) in [5.41, 5.74) is 4.26. The SMILES string of the molecule is Cc1cccc(C)c1NC(=O)CSc1nccn1Cc1ccccc1. The lowest BCUT2D eigenvalue weighted by atomic mass is 10.1. The van der Waals surface area contributed by atoms with Crippen LogP contribution in [0.25, 0.3) is 0 Å².